The number of hydrogen-bond donors (Lipinski definition) is 0. The average molecular weight is 455 g/mol. The maximum Gasteiger partial charge on any atom is 0.169 e. The van der Waals surface area contributed by atoms with Crippen molar-refractivity contribution >= 4 is 40.7 Å². The van der Waals surface area contributed by atoms with Gasteiger partial charge in [0.2, 0.25) is 0 Å². The second-order valence-electron chi connectivity index (χ2n) is 8.16. The summed E-state index contributed by atoms with van der Waals surface area (Å²) in [6.45, 7) is 0. The third-order valence-electron chi connectivity index (χ3n) is 6.47. The molecule has 1 fully saturated rings. The van der Waals surface area contributed by atoms with Crippen LogP contribution in [0, 0.1) is 5.41 Å². The van der Waals surface area contributed by atoms with Crippen molar-refractivity contribution in [2.24, 2.45) is 5.41 Å². The van der Waals surface area contributed by atoms with Crippen LogP contribution in [-0.4, -0.2) is 15.8 Å². The van der Waals surface area contributed by atoms with E-state index in [0.717, 1.165) is 47.6 Å². The van der Waals surface area contributed by atoms with Gasteiger partial charge in [-0.3, -0.25) is 4.79 Å². The number of ketones is 1. The van der Waals surface area contributed by atoms with Gasteiger partial charge in [-0.1, -0.05) is 65.3 Å². The van der Waals surface area contributed by atoms with Crippen LogP contribution < -0.4 is 0 Å². The average Bonchev–Trinajstić information content (AvgIpc) is 3.04. The van der Waals surface area contributed by atoms with Crippen LogP contribution in [0.25, 0.3) is 0 Å². The van der Waals surface area contributed by atoms with E-state index in [2.05, 4.69) is 22.1 Å². The quantitative estimate of drug-likeness (QED) is 0.398. The molecule has 0 unspecified atom stereocenters. The predicted octanol–water partition coefficient (Wildman–Crippen LogP) is 7.02. The number of rotatable bonds is 3. The summed E-state index contributed by atoms with van der Waals surface area (Å²) in [7, 11) is 0. The number of hydrogen-bond acceptors (Lipinski definition) is 4. The Bertz CT molecular complexity index is 1110. The predicted molar refractivity (Wildman–Crippen MR) is 121 cm³/mol. The molecule has 0 saturated heterocycles. The highest BCUT2D eigenvalue weighted by molar-refractivity contribution is 7.99. The number of pyridine rings is 2. The molecule has 1 spiro atoms. The standard InChI is InChI=1S/C24H20Cl2N2OS/c25-21-19(9-12-27-23(21)26)30-20-6-5-17(14-28-20)15-7-10-24(11-8-15)13-16-3-1-2-4-18(16)22(24)29/h1-6,9,12,14-15H,7-8,10-11,13H2. The van der Waals surface area contributed by atoms with Crippen molar-refractivity contribution in [3.8, 4) is 0 Å². The summed E-state index contributed by atoms with van der Waals surface area (Å²) >= 11 is 13.7. The molecule has 152 valence electrons. The third kappa shape index (κ3) is 3.55. The molecular weight excluding hydrogens is 435 g/mol. The lowest BCUT2D eigenvalue weighted by molar-refractivity contribution is 0.0734. The monoisotopic (exact) mass is 454 g/mol. The fourth-order valence-electron chi connectivity index (χ4n) is 4.82. The van der Waals surface area contributed by atoms with Crippen molar-refractivity contribution < 1.29 is 4.79 Å². The van der Waals surface area contributed by atoms with Gasteiger partial charge >= 0.3 is 0 Å². The van der Waals surface area contributed by atoms with E-state index in [9.17, 15) is 4.79 Å². The van der Waals surface area contributed by atoms with Crippen LogP contribution in [0.4, 0.5) is 0 Å². The fraction of sp³-hybridized carbons (Fsp3) is 0.292. The Kier molecular flexibility index (Phi) is 5.34. The molecule has 0 amide bonds. The van der Waals surface area contributed by atoms with Gasteiger partial charge in [0.1, 0.15) is 10.2 Å². The SMILES string of the molecule is O=C1c2ccccc2CC12CCC(c1ccc(Sc3ccnc(Cl)c3Cl)nc1)CC2. The number of carbonyl (C=O) groups is 1. The first kappa shape index (κ1) is 20.0. The summed E-state index contributed by atoms with van der Waals surface area (Å²) in [5, 5.41) is 1.63. The molecule has 2 aliphatic rings. The van der Waals surface area contributed by atoms with Crippen LogP contribution in [0.15, 0.2) is 64.8 Å². The second kappa shape index (κ2) is 7.99. The number of halogens is 2. The molecule has 2 heterocycles. The zero-order valence-electron chi connectivity index (χ0n) is 16.3. The van der Waals surface area contributed by atoms with Crippen LogP contribution in [-0.2, 0) is 6.42 Å². The highest BCUT2D eigenvalue weighted by atomic mass is 35.5. The Balaban J connectivity index is 1.26. The number of benzene rings is 1. The Labute approximate surface area is 190 Å². The molecule has 2 aromatic heterocycles. The molecule has 3 nitrogen and oxygen atoms in total. The van der Waals surface area contributed by atoms with Crippen molar-refractivity contribution in [2.45, 2.75) is 47.9 Å². The summed E-state index contributed by atoms with van der Waals surface area (Å²) in [6, 6.07) is 14.1. The van der Waals surface area contributed by atoms with Gasteiger partial charge in [-0.2, -0.15) is 0 Å². The topological polar surface area (TPSA) is 42.9 Å². The van der Waals surface area contributed by atoms with Gasteiger partial charge in [-0.05, 0) is 61.3 Å². The van der Waals surface area contributed by atoms with Crippen molar-refractivity contribution in [2.75, 3.05) is 0 Å². The lowest BCUT2D eigenvalue weighted by Crippen LogP contribution is -2.32. The molecule has 0 aliphatic heterocycles. The normalized spacial score (nSPS) is 23.0. The van der Waals surface area contributed by atoms with E-state index < -0.39 is 0 Å². The maximum absolute atomic E-state index is 13.0. The van der Waals surface area contributed by atoms with Crippen molar-refractivity contribution in [3.05, 3.63) is 81.7 Å². The van der Waals surface area contributed by atoms with Crippen LogP contribution in [0.1, 0.15) is 53.1 Å². The molecule has 1 aromatic carbocycles. The van der Waals surface area contributed by atoms with E-state index >= 15 is 0 Å². The molecule has 0 N–H and O–H groups in total. The molecule has 6 heteroatoms. The first-order valence-electron chi connectivity index (χ1n) is 10.1. The molecule has 0 radical (unpaired) electrons. The minimum Gasteiger partial charge on any atom is -0.294 e. The summed E-state index contributed by atoms with van der Waals surface area (Å²) in [6.07, 6.45) is 8.47. The van der Waals surface area contributed by atoms with E-state index in [1.807, 2.05) is 36.5 Å². The summed E-state index contributed by atoms with van der Waals surface area (Å²) in [4.78, 5) is 22.5. The Morgan fingerprint density at radius 1 is 1.00 bits per heavy atom. The largest absolute Gasteiger partial charge is 0.294 e. The van der Waals surface area contributed by atoms with Crippen LogP contribution in [0.3, 0.4) is 0 Å². The molecule has 0 bridgehead atoms. The van der Waals surface area contributed by atoms with Crippen LogP contribution >= 0.6 is 35.0 Å². The minimum absolute atomic E-state index is 0.180. The molecule has 1 saturated carbocycles. The number of Topliss-reactive ketones (excluding diaryl/α,β-unsaturated/α-hetero) is 1. The van der Waals surface area contributed by atoms with Crippen molar-refractivity contribution in [3.63, 3.8) is 0 Å². The zero-order valence-corrected chi connectivity index (χ0v) is 18.6. The Morgan fingerprint density at radius 3 is 2.53 bits per heavy atom. The van der Waals surface area contributed by atoms with Crippen LogP contribution in [0.5, 0.6) is 0 Å². The smallest absolute Gasteiger partial charge is 0.169 e. The first-order valence-corrected chi connectivity index (χ1v) is 11.7. The second-order valence-corrected chi connectivity index (χ2v) is 9.96. The number of fused-ring (bicyclic) bond motifs is 1. The van der Waals surface area contributed by atoms with Gasteiger partial charge in [-0.25, -0.2) is 9.97 Å². The molecular formula is C24H20Cl2N2OS. The van der Waals surface area contributed by atoms with Gasteiger partial charge in [-0.15, -0.1) is 0 Å². The summed E-state index contributed by atoms with van der Waals surface area (Å²) in [5.41, 5.74) is 3.23. The van der Waals surface area contributed by atoms with Gasteiger partial charge < -0.3 is 0 Å². The summed E-state index contributed by atoms with van der Waals surface area (Å²) in [5.74, 6) is 0.812. The highest BCUT2D eigenvalue weighted by Crippen LogP contribution is 2.50. The highest BCUT2D eigenvalue weighted by Gasteiger charge is 2.47. The van der Waals surface area contributed by atoms with E-state index in [4.69, 9.17) is 23.2 Å². The third-order valence-corrected chi connectivity index (χ3v) is 8.36. The van der Waals surface area contributed by atoms with Gasteiger partial charge in [0, 0.05) is 28.3 Å². The minimum atomic E-state index is -0.180. The molecule has 3 aromatic rings. The number of aromatic nitrogens is 2. The van der Waals surface area contributed by atoms with E-state index in [1.165, 1.54) is 22.9 Å². The molecule has 30 heavy (non-hydrogen) atoms. The number of nitrogens with zero attached hydrogens (tertiary/aromatic N) is 2. The maximum atomic E-state index is 13.0. The van der Waals surface area contributed by atoms with E-state index in [0.29, 0.717) is 21.9 Å². The molecule has 5 rings (SSSR count). The first-order chi connectivity index (χ1) is 14.6. The lowest BCUT2D eigenvalue weighted by atomic mass is 9.67. The summed E-state index contributed by atoms with van der Waals surface area (Å²) < 4.78 is 0. The van der Waals surface area contributed by atoms with Gasteiger partial charge in [0.15, 0.2) is 5.78 Å². The Hall–Kier alpha value is -1.88. The number of carbonyl (C=O) groups excluding carboxylic acids is 1. The fourth-order valence-corrected chi connectivity index (χ4v) is 6.04. The Morgan fingerprint density at radius 2 is 1.80 bits per heavy atom. The van der Waals surface area contributed by atoms with Crippen LogP contribution in [0.2, 0.25) is 10.2 Å². The van der Waals surface area contributed by atoms with Crippen molar-refractivity contribution in [1.82, 2.24) is 9.97 Å². The molecule has 2 aliphatic carbocycles. The van der Waals surface area contributed by atoms with E-state index in [-0.39, 0.29) is 5.41 Å². The van der Waals surface area contributed by atoms with E-state index in [1.54, 1.807) is 6.20 Å². The van der Waals surface area contributed by atoms with Gasteiger partial charge in [0.05, 0.1) is 5.02 Å². The van der Waals surface area contributed by atoms with Crippen molar-refractivity contribution in [1.29, 1.82) is 0 Å². The molecule has 0 atom stereocenters. The van der Waals surface area contributed by atoms with Gasteiger partial charge in [0.25, 0.3) is 0 Å². The lowest BCUT2D eigenvalue weighted by Gasteiger charge is -2.36. The zero-order chi connectivity index (χ0) is 20.7.